The average Bonchev–Trinajstić information content (AvgIpc) is 3.22. The highest BCUT2D eigenvalue weighted by molar-refractivity contribution is 7.13. The summed E-state index contributed by atoms with van der Waals surface area (Å²) in [6.45, 7) is 4.04. The second kappa shape index (κ2) is 7.43. The quantitative estimate of drug-likeness (QED) is 0.701. The standard InChI is InChI=1S/C17H18N4O3S/c1-12(2)18-14-7-3-4-9-20(14)15(22)8-10-21-17(23)24-16(19-21)13-6-5-11-25-13/h3-7,9,11-12H,8,10H2,1-2H3. The van der Waals surface area contributed by atoms with Gasteiger partial charge in [0.2, 0.25) is 5.91 Å². The minimum atomic E-state index is -0.568. The van der Waals surface area contributed by atoms with Crippen molar-refractivity contribution < 1.29 is 9.21 Å². The summed E-state index contributed by atoms with van der Waals surface area (Å²) in [5, 5.41) is 6.03. The van der Waals surface area contributed by atoms with E-state index < -0.39 is 5.76 Å². The maximum atomic E-state index is 12.5. The van der Waals surface area contributed by atoms with Crippen LogP contribution in [0, 0.1) is 0 Å². The number of carbonyl (C=O) groups is 1. The summed E-state index contributed by atoms with van der Waals surface area (Å²) in [5.74, 6) is -0.454. The van der Waals surface area contributed by atoms with Gasteiger partial charge in [-0.2, -0.15) is 4.68 Å². The Morgan fingerprint density at radius 3 is 2.88 bits per heavy atom. The number of hydrogen-bond donors (Lipinski definition) is 0. The molecule has 0 aliphatic carbocycles. The largest absolute Gasteiger partial charge is 0.437 e. The molecule has 0 N–H and O–H groups in total. The second-order valence-electron chi connectivity index (χ2n) is 5.67. The molecule has 130 valence electrons. The van der Waals surface area contributed by atoms with E-state index in [0.29, 0.717) is 5.49 Å². The van der Waals surface area contributed by atoms with E-state index in [1.54, 1.807) is 18.3 Å². The lowest BCUT2D eigenvalue weighted by molar-refractivity contribution is 0.0889. The van der Waals surface area contributed by atoms with Gasteiger partial charge in [-0.25, -0.2) is 4.79 Å². The van der Waals surface area contributed by atoms with Crippen molar-refractivity contribution >= 4 is 17.2 Å². The van der Waals surface area contributed by atoms with Gasteiger partial charge in [-0.3, -0.25) is 14.4 Å². The fourth-order valence-corrected chi connectivity index (χ4v) is 2.93. The summed E-state index contributed by atoms with van der Waals surface area (Å²) in [7, 11) is 0. The third-order valence-electron chi connectivity index (χ3n) is 3.37. The summed E-state index contributed by atoms with van der Waals surface area (Å²) in [4.78, 5) is 29.6. The third-order valence-corrected chi connectivity index (χ3v) is 4.23. The molecule has 0 aliphatic heterocycles. The molecule has 0 aliphatic rings. The summed E-state index contributed by atoms with van der Waals surface area (Å²) in [5.41, 5.74) is 0.592. The molecular formula is C17H18N4O3S. The Hall–Kier alpha value is -2.74. The van der Waals surface area contributed by atoms with Gasteiger partial charge in [0.15, 0.2) is 0 Å². The van der Waals surface area contributed by atoms with Gasteiger partial charge < -0.3 is 4.42 Å². The topological polar surface area (TPSA) is 82.4 Å². The van der Waals surface area contributed by atoms with Gasteiger partial charge in [0.05, 0.1) is 11.4 Å². The van der Waals surface area contributed by atoms with Gasteiger partial charge in [-0.05, 0) is 37.4 Å². The molecule has 0 aromatic carbocycles. The van der Waals surface area contributed by atoms with Crippen LogP contribution in [0.4, 0.5) is 0 Å². The predicted octanol–water partition coefficient (Wildman–Crippen LogP) is 2.41. The molecule has 7 nitrogen and oxygen atoms in total. The fraction of sp³-hybridized carbons (Fsp3) is 0.294. The van der Waals surface area contributed by atoms with E-state index in [4.69, 9.17) is 4.42 Å². The Kier molecular flexibility index (Phi) is 5.08. The zero-order chi connectivity index (χ0) is 17.8. The minimum absolute atomic E-state index is 0.0768. The lowest BCUT2D eigenvalue weighted by Gasteiger charge is -2.06. The Morgan fingerprint density at radius 2 is 2.16 bits per heavy atom. The van der Waals surface area contributed by atoms with Gasteiger partial charge in [-0.15, -0.1) is 16.4 Å². The van der Waals surface area contributed by atoms with E-state index in [1.165, 1.54) is 20.6 Å². The molecule has 0 radical (unpaired) electrons. The van der Waals surface area contributed by atoms with Crippen LogP contribution in [0.2, 0.25) is 0 Å². The van der Waals surface area contributed by atoms with Crippen LogP contribution in [0.25, 0.3) is 10.8 Å². The molecule has 0 saturated carbocycles. The number of aromatic nitrogens is 3. The van der Waals surface area contributed by atoms with Crippen LogP contribution in [-0.2, 0) is 6.54 Å². The van der Waals surface area contributed by atoms with Crippen LogP contribution >= 0.6 is 11.3 Å². The molecule has 0 bridgehead atoms. The minimum Gasteiger partial charge on any atom is -0.387 e. The summed E-state index contributed by atoms with van der Waals surface area (Å²) in [6.07, 6.45) is 1.79. The lowest BCUT2D eigenvalue weighted by Crippen LogP contribution is -2.29. The van der Waals surface area contributed by atoms with Gasteiger partial charge in [0, 0.05) is 18.7 Å². The van der Waals surface area contributed by atoms with Crippen LogP contribution in [0.5, 0.6) is 0 Å². The Bertz CT molecular complexity index is 980. The molecule has 0 unspecified atom stereocenters. The molecular weight excluding hydrogens is 340 g/mol. The van der Waals surface area contributed by atoms with Crippen molar-refractivity contribution in [3.8, 4) is 10.8 Å². The Morgan fingerprint density at radius 1 is 1.32 bits per heavy atom. The number of nitrogens with zero attached hydrogens (tertiary/aromatic N) is 4. The highest BCUT2D eigenvalue weighted by atomic mass is 32.1. The van der Waals surface area contributed by atoms with Crippen LogP contribution in [0.15, 0.2) is 56.1 Å². The number of pyridine rings is 1. The van der Waals surface area contributed by atoms with E-state index in [1.807, 2.05) is 37.4 Å². The van der Waals surface area contributed by atoms with Gasteiger partial charge >= 0.3 is 5.76 Å². The Labute approximate surface area is 147 Å². The van der Waals surface area contributed by atoms with Crippen molar-refractivity contribution in [2.24, 2.45) is 4.99 Å². The zero-order valence-electron chi connectivity index (χ0n) is 14.0. The van der Waals surface area contributed by atoms with Crippen LogP contribution in [0.3, 0.4) is 0 Å². The van der Waals surface area contributed by atoms with E-state index in [-0.39, 0.29) is 30.8 Å². The third kappa shape index (κ3) is 4.03. The van der Waals surface area contributed by atoms with Crippen molar-refractivity contribution in [3.63, 3.8) is 0 Å². The maximum absolute atomic E-state index is 12.5. The van der Waals surface area contributed by atoms with Gasteiger partial charge in [0.1, 0.15) is 5.49 Å². The first-order valence-corrected chi connectivity index (χ1v) is 8.79. The van der Waals surface area contributed by atoms with E-state index in [9.17, 15) is 9.59 Å². The molecule has 25 heavy (non-hydrogen) atoms. The first-order chi connectivity index (χ1) is 12.0. The summed E-state index contributed by atoms with van der Waals surface area (Å²) >= 11 is 1.43. The van der Waals surface area contributed by atoms with Gasteiger partial charge in [-0.1, -0.05) is 12.1 Å². The molecule has 3 heterocycles. The number of thiophene rings is 1. The lowest BCUT2D eigenvalue weighted by atomic mass is 10.3. The molecule has 3 aromatic heterocycles. The van der Waals surface area contributed by atoms with E-state index in [0.717, 1.165) is 4.88 Å². The molecule has 8 heteroatoms. The average molecular weight is 358 g/mol. The highest BCUT2D eigenvalue weighted by Crippen LogP contribution is 2.20. The molecule has 0 saturated heterocycles. The molecule has 3 rings (SSSR count). The summed E-state index contributed by atoms with van der Waals surface area (Å²) < 4.78 is 7.81. The molecule has 0 spiro atoms. The number of rotatable bonds is 5. The second-order valence-corrected chi connectivity index (χ2v) is 6.62. The molecule has 3 aromatic rings. The van der Waals surface area contributed by atoms with Crippen LogP contribution < -0.4 is 11.2 Å². The van der Waals surface area contributed by atoms with Crippen molar-refractivity contribution in [3.05, 3.63) is 57.9 Å². The number of carbonyl (C=O) groups excluding carboxylic acids is 1. The van der Waals surface area contributed by atoms with E-state index >= 15 is 0 Å². The predicted molar refractivity (Wildman–Crippen MR) is 94.5 cm³/mol. The van der Waals surface area contributed by atoms with Crippen molar-refractivity contribution in [1.29, 1.82) is 0 Å². The Balaban J connectivity index is 1.77. The first kappa shape index (κ1) is 17.1. The van der Waals surface area contributed by atoms with E-state index in [2.05, 4.69) is 10.1 Å². The molecule has 0 amide bonds. The van der Waals surface area contributed by atoms with Crippen molar-refractivity contribution in [1.82, 2.24) is 14.3 Å². The van der Waals surface area contributed by atoms with Crippen LogP contribution in [-0.4, -0.2) is 26.3 Å². The highest BCUT2D eigenvalue weighted by Gasteiger charge is 2.13. The monoisotopic (exact) mass is 358 g/mol. The maximum Gasteiger partial charge on any atom is 0.437 e. The number of aryl methyl sites for hydroxylation is 1. The van der Waals surface area contributed by atoms with Gasteiger partial charge in [0.25, 0.3) is 5.89 Å². The number of hydrogen-bond acceptors (Lipinski definition) is 6. The first-order valence-electron chi connectivity index (χ1n) is 7.91. The molecule has 0 atom stereocenters. The SMILES string of the molecule is CC(C)N=c1ccccn1C(=O)CCn1nc(-c2cccs2)oc1=O. The smallest absolute Gasteiger partial charge is 0.387 e. The fourth-order valence-electron chi connectivity index (χ4n) is 2.28. The van der Waals surface area contributed by atoms with Crippen LogP contribution in [0.1, 0.15) is 25.1 Å². The normalized spacial score (nSPS) is 12.0. The van der Waals surface area contributed by atoms with Crippen molar-refractivity contribution in [2.45, 2.75) is 32.9 Å². The zero-order valence-corrected chi connectivity index (χ0v) is 14.8. The summed E-state index contributed by atoms with van der Waals surface area (Å²) in [6, 6.07) is 9.15. The molecule has 0 fully saturated rings. The van der Waals surface area contributed by atoms with Crippen molar-refractivity contribution in [2.75, 3.05) is 0 Å².